The Morgan fingerprint density at radius 1 is 1.21 bits per heavy atom. The van der Waals surface area contributed by atoms with Crippen molar-refractivity contribution >= 4 is 5.69 Å². The molecule has 0 aliphatic heterocycles. The minimum Gasteiger partial charge on any atom is -0.497 e. The maximum absolute atomic E-state index is 8.96. The monoisotopic (exact) mass is 260 g/mol. The van der Waals surface area contributed by atoms with E-state index in [-0.39, 0.29) is 5.41 Å². The fourth-order valence-electron chi connectivity index (χ4n) is 1.94. The van der Waals surface area contributed by atoms with E-state index in [1.807, 2.05) is 26.0 Å². The Morgan fingerprint density at radius 3 is 2.37 bits per heavy atom. The first kappa shape index (κ1) is 15.4. The first-order valence-corrected chi connectivity index (χ1v) is 6.75. The van der Waals surface area contributed by atoms with Crippen LogP contribution in [0, 0.1) is 16.7 Å². The summed E-state index contributed by atoms with van der Waals surface area (Å²) in [6.45, 7) is 5.01. The third kappa shape index (κ3) is 5.21. The van der Waals surface area contributed by atoms with Crippen molar-refractivity contribution in [2.24, 2.45) is 5.41 Å². The van der Waals surface area contributed by atoms with E-state index in [1.165, 1.54) is 5.69 Å². The Balaban J connectivity index is 2.35. The lowest BCUT2D eigenvalue weighted by Crippen LogP contribution is -2.19. The smallest absolute Gasteiger partial charge is 0.119 e. The van der Waals surface area contributed by atoms with Crippen LogP contribution in [-0.4, -0.2) is 20.7 Å². The predicted octanol–water partition coefficient (Wildman–Crippen LogP) is 3.85. The molecule has 0 spiro atoms. The zero-order valence-electron chi connectivity index (χ0n) is 12.4. The normalized spacial score (nSPS) is 10.9. The minimum atomic E-state index is -0.196. The largest absolute Gasteiger partial charge is 0.497 e. The van der Waals surface area contributed by atoms with Crippen LogP contribution in [0.2, 0.25) is 0 Å². The van der Waals surface area contributed by atoms with Crippen LogP contribution in [0.3, 0.4) is 0 Å². The van der Waals surface area contributed by atoms with Gasteiger partial charge >= 0.3 is 0 Å². The molecule has 0 amide bonds. The highest BCUT2D eigenvalue weighted by molar-refractivity contribution is 5.48. The van der Waals surface area contributed by atoms with Crippen molar-refractivity contribution < 1.29 is 4.74 Å². The molecule has 0 radical (unpaired) electrons. The van der Waals surface area contributed by atoms with Gasteiger partial charge in [0.25, 0.3) is 0 Å². The van der Waals surface area contributed by atoms with Gasteiger partial charge in [-0.15, -0.1) is 0 Å². The molecule has 3 heteroatoms. The molecule has 3 nitrogen and oxygen atoms in total. The molecule has 0 atom stereocenters. The number of methoxy groups -OCH3 is 1. The molecule has 0 aliphatic carbocycles. The SMILES string of the molecule is COc1ccc(N(C)CCCCC(C)(C)C#N)cc1. The Labute approximate surface area is 116 Å². The van der Waals surface area contributed by atoms with E-state index in [9.17, 15) is 0 Å². The molecule has 19 heavy (non-hydrogen) atoms. The van der Waals surface area contributed by atoms with Crippen LogP contribution in [0.25, 0.3) is 0 Å². The highest BCUT2D eigenvalue weighted by Crippen LogP contribution is 2.22. The van der Waals surface area contributed by atoms with Crippen molar-refractivity contribution in [3.63, 3.8) is 0 Å². The van der Waals surface area contributed by atoms with Gasteiger partial charge < -0.3 is 9.64 Å². The van der Waals surface area contributed by atoms with E-state index in [1.54, 1.807) is 7.11 Å². The minimum absolute atomic E-state index is 0.196. The van der Waals surface area contributed by atoms with Crippen molar-refractivity contribution in [2.45, 2.75) is 33.1 Å². The quantitative estimate of drug-likeness (QED) is 0.699. The zero-order valence-corrected chi connectivity index (χ0v) is 12.4. The molecular weight excluding hydrogens is 236 g/mol. The maximum atomic E-state index is 8.96. The molecule has 0 unspecified atom stereocenters. The van der Waals surface area contributed by atoms with Crippen LogP contribution in [0.4, 0.5) is 5.69 Å². The van der Waals surface area contributed by atoms with Gasteiger partial charge in [0.05, 0.1) is 18.6 Å². The highest BCUT2D eigenvalue weighted by atomic mass is 16.5. The van der Waals surface area contributed by atoms with Crippen LogP contribution < -0.4 is 9.64 Å². The van der Waals surface area contributed by atoms with E-state index in [4.69, 9.17) is 10.00 Å². The fraction of sp³-hybridized carbons (Fsp3) is 0.562. The molecule has 0 N–H and O–H groups in total. The summed E-state index contributed by atoms with van der Waals surface area (Å²) in [5, 5.41) is 8.96. The fourth-order valence-corrected chi connectivity index (χ4v) is 1.94. The number of nitriles is 1. The summed E-state index contributed by atoms with van der Waals surface area (Å²) in [4.78, 5) is 2.23. The number of hydrogen-bond donors (Lipinski definition) is 0. The van der Waals surface area contributed by atoms with Crippen molar-refractivity contribution in [3.05, 3.63) is 24.3 Å². The molecule has 1 aromatic carbocycles. The first-order chi connectivity index (χ1) is 8.98. The molecule has 0 aliphatic rings. The van der Waals surface area contributed by atoms with Gasteiger partial charge in [0.1, 0.15) is 5.75 Å². The van der Waals surface area contributed by atoms with Crippen LogP contribution in [0.5, 0.6) is 5.75 Å². The molecule has 0 saturated heterocycles. The summed E-state index contributed by atoms with van der Waals surface area (Å²) in [6, 6.07) is 10.4. The van der Waals surface area contributed by atoms with E-state index in [0.29, 0.717) is 0 Å². The van der Waals surface area contributed by atoms with Gasteiger partial charge in [0.2, 0.25) is 0 Å². The van der Waals surface area contributed by atoms with Gasteiger partial charge in [-0.05, 0) is 51.0 Å². The number of nitrogens with zero attached hydrogens (tertiary/aromatic N) is 2. The Bertz CT molecular complexity index is 417. The van der Waals surface area contributed by atoms with E-state index < -0.39 is 0 Å². The second-order valence-electron chi connectivity index (χ2n) is 5.57. The van der Waals surface area contributed by atoms with E-state index in [0.717, 1.165) is 31.6 Å². The molecule has 0 aromatic heterocycles. The summed E-state index contributed by atoms with van der Waals surface area (Å²) >= 11 is 0. The standard InChI is InChI=1S/C16H24N2O/c1-16(2,13-17)11-5-6-12-18(3)14-7-9-15(19-4)10-8-14/h7-10H,5-6,11-12H2,1-4H3. The summed E-state index contributed by atoms with van der Waals surface area (Å²) < 4.78 is 5.15. The third-order valence-corrected chi connectivity index (χ3v) is 3.36. The molecule has 0 heterocycles. The Morgan fingerprint density at radius 2 is 1.84 bits per heavy atom. The highest BCUT2D eigenvalue weighted by Gasteiger charge is 2.15. The van der Waals surface area contributed by atoms with Gasteiger partial charge in [0, 0.05) is 19.3 Å². The van der Waals surface area contributed by atoms with Gasteiger partial charge in [-0.2, -0.15) is 5.26 Å². The lowest BCUT2D eigenvalue weighted by Gasteiger charge is -2.20. The number of ether oxygens (including phenoxy) is 1. The van der Waals surface area contributed by atoms with E-state index >= 15 is 0 Å². The number of hydrogen-bond acceptors (Lipinski definition) is 3. The van der Waals surface area contributed by atoms with Gasteiger partial charge in [-0.25, -0.2) is 0 Å². The van der Waals surface area contributed by atoms with Crippen LogP contribution >= 0.6 is 0 Å². The Hall–Kier alpha value is -1.69. The number of rotatable bonds is 7. The van der Waals surface area contributed by atoms with Gasteiger partial charge in [-0.3, -0.25) is 0 Å². The number of anilines is 1. The molecule has 0 fully saturated rings. The molecule has 1 rings (SSSR count). The lowest BCUT2D eigenvalue weighted by atomic mass is 9.89. The summed E-state index contributed by atoms with van der Waals surface area (Å²) in [5.74, 6) is 0.882. The molecule has 0 bridgehead atoms. The molecule has 1 aromatic rings. The van der Waals surface area contributed by atoms with Crippen molar-refractivity contribution in [3.8, 4) is 11.8 Å². The molecule has 104 valence electrons. The van der Waals surface area contributed by atoms with E-state index in [2.05, 4.69) is 30.1 Å². The van der Waals surface area contributed by atoms with Crippen molar-refractivity contribution in [1.29, 1.82) is 5.26 Å². The maximum Gasteiger partial charge on any atom is 0.119 e. The van der Waals surface area contributed by atoms with Crippen LogP contribution in [-0.2, 0) is 0 Å². The van der Waals surface area contributed by atoms with Crippen molar-refractivity contribution in [2.75, 3.05) is 25.6 Å². The third-order valence-electron chi connectivity index (χ3n) is 3.36. The van der Waals surface area contributed by atoms with Gasteiger partial charge in [0.15, 0.2) is 0 Å². The summed E-state index contributed by atoms with van der Waals surface area (Å²) in [7, 11) is 3.77. The summed E-state index contributed by atoms with van der Waals surface area (Å²) in [6.07, 6.45) is 3.15. The molecule has 0 saturated carbocycles. The number of unbranched alkanes of at least 4 members (excludes halogenated alkanes) is 1. The van der Waals surface area contributed by atoms with Crippen molar-refractivity contribution in [1.82, 2.24) is 0 Å². The predicted molar refractivity (Wildman–Crippen MR) is 79.5 cm³/mol. The second kappa shape index (κ2) is 7.04. The zero-order chi connectivity index (χ0) is 14.3. The first-order valence-electron chi connectivity index (χ1n) is 6.75. The van der Waals surface area contributed by atoms with Gasteiger partial charge in [-0.1, -0.05) is 6.42 Å². The second-order valence-corrected chi connectivity index (χ2v) is 5.57. The Kier molecular flexibility index (Phi) is 5.69. The number of benzene rings is 1. The topological polar surface area (TPSA) is 36.3 Å². The van der Waals surface area contributed by atoms with Crippen LogP contribution in [0.15, 0.2) is 24.3 Å². The average Bonchev–Trinajstić information content (AvgIpc) is 2.43. The molecular formula is C16H24N2O. The average molecular weight is 260 g/mol. The summed E-state index contributed by atoms with van der Waals surface area (Å²) in [5.41, 5.74) is 0.999. The van der Waals surface area contributed by atoms with Crippen LogP contribution in [0.1, 0.15) is 33.1 Å². The lowest BCUT2D eigenvalue weighted by molar-refractivity contribution is 0.414.